The molecular formula is C20H17N5O2. The normalized spacial score (nSPS) is 11.3. The quantitative estimate of drug-likeness (QED) is 0.562. The second-order valence-electron chi connectivity index (χ2n) is 6.09. The zero-order valence-corrected chi connectivity index (χ0v) is 14.9. The molecule has 27 heavy (non-hydrogen) atoms. The molecule has 0 saturated heterocycles. The van der Waals surface area contributed by atoms with Crippen LogP contribution in [0.15, 0.2) is 59.2 Å². The maximum Gasteiger partial charge on any atom is 0.248 e. The highest BCUT2D eigenvalue weighted by atomic mass is 16.3. The van der Waals surface area contributed by atoms with Crippen LogP contribution in [0.4, 0.5) is 5.69 Å². The Morgan fingerprint density at radius 2 is 2.04 bits per heavy atom. The van der Waals surface area contributed by atoms with E-state index in [4.69, 9.17) is 4.42 Å². The summed E-state index contributed by atoms with van der Waals surface area (Å²) in [7, 11) is 0. The SMILES string of the molecule is Cc1cc(C)n(-c2ccc(NC(=O)/C=C/c3nc4ccccc4o3)cn2)n1. The minimum atomic E-state index is -0.294. The highest BCUT2D eigenvalue weighted by molar-refractivity contribution is 6.01. The Morgan fingerprint density at radius 1 is 1.19 bits per heavy atom. The van der Waals surface area contributed by atoms with Gasteiger partial charge in [0.05, 0.1) is 17.6 Å². The van der Waals surface area contributed by atoms with E-state index in [-0.39, 0.29) is 5.91 Å². The molecule has 0 radical (unpaired) electrons. The minimum Gasteiger partial charge on any atom is -0.437 e. The summed E-state index contributed by atoms with van der Waals surface area (Å²) in [5, 5.41) is 7.15. The lowest BCUT2D eigenvalue weighted by Crippen LogP contribution is -2.09. The van der Waals surface area contributed by atoms with Crippen LogP contribution in [0.5, 0.6) is 0 Å². The van der Waals surface area contributed by atoms with E-state index in [1.54, 1.807) is 23.0 Å². The number of benzene rings is 1. The Labute approximate surface area is 155 Å². The monoisotopic (exact) mass is 359 g/mol. The predicted octanol–water partition coefficient (Wildman–Crippen LogP) is 3.68. The van der Waals surface area contributed by atoms with Crippen molar-refractivity contribution >= 4 is 28.8 Å². The van der Waals surface area contributed by atoms with E-state index in [0.717, 1.165) is 16.9 Å². The van der Waals surface area contributed by atoms with Crippen LogP contribution < -0.4 is 5.32 Å². The molecule has 1 aromatic carbocycles. The van der Waals surface area contributed by atoms with E-state index in [9.17, 15) is 4.79 Å². The van der Waals surface area contributed by atoms with Crippen molar-refractivity contribution in [3.63, 3.8) is 0 Å². The Bertz CT molecular complexity index is 1110. The molecule has 3 aromatic heterocycles. The van der Waals surface area contributed by atoms with Gasteiger partial charge in [0.2, 0.25) is 11.8 Å². The van der Waals surface area contributed by atoms with E-state index in [0.29, 0.717) is 23.0 Å². The molecule has 4 aromatic rings. The van der Waals surface area contributed by atoms with Gasteiger partial charge in [0, 0.05) is 17.8 Å². The van der Waals surface area contributed by atoms with Crippen LogP contribution >= 0.6 is 0 Å². The number of rotatable bonds is 4. The largest absolute Gasteiger partial charge is 0.437 e. The fourth-order valence-corrected chi connectivity index (χ4v) is 2.74. The van der Waals surface area contributed by atoms with Crippen molar-refractivity contribution in [2.45, 2.75) is 13.8 Å². The fraction of sp³-hybridized carbons (Fsp3) is 0.100. The molecular weight excluding hydrogens is 342 g/mol. The lowest BCUT2D eigenvalue weighted by molar-refractivity contribution is -0.111. The summed E-state index contributed by atoms with van der Waals surface area (Å²) >= 11 is 0. The van der Waals surface area contributed by atoms with Crippen molar-refractivity contribution in [2.24, 2.45) is 0 Å². The van der Waals surface area contributed by atoms with E-state index in [1.165, 1.54) is 12.2 Å². The fourth-order valence-electron chi connectivity index (χ4n) is 2.74. The summed E-state index contributed by atoms with van der Waals surface area (Å²) in [5.41, 5.74) is 3.95. The zero-order chi connectivity index (χ0) is 18.8. The molecule has 4 rings (SSSR count). The van der Waals surface area contributed by atoms with Crippen molar-refractivity contribution in [1.29, 1.82) is 0 Å². The van der Waals surface area contributed by atoms with Crippen LogP contribution in [0, 0.1) is 13.8 Å². The first kappa shape index (κ1) is 16.7. The third-order valence-electron chi connectivity index (χ3n) is 3.93. The number of aryl methyl sites for hydroxylation is 2. The Morgan fingerprint density at radius 3 is 2.74 bits per heavy atom. The second kappa shape index (κ2) is 6.87. The van der Waals surface area contributed by atoms with Gasteiger partial charge in [0.1, 0.15) is 5.52 Å². The van der Waals surface area contributed by atoms with Crippen LogP contribution in [-0.4, -0.2) is 25.7 Å². The van der Waals surface area contributed by atoms with Crippen LogP contribution in [0.25, 0.3) is 23.0 Å². The second-order valence-corrected chi connectivity index (χ2v) is 6.09. The maximum atomic E-state index is 12.1. The number of para-hydroxylation sites is 2. The van der Waals surface area contributed by atoms with Crippen molar-refractivity contribution < 1.29 is 9.21 Å². The van der Waals surface area contributed by atoms with Crippen molar-refractivity contribution in [3.8, 4) is 5.82 Å². The molecule has 0 bridgehead atoms. The topological polar surface area (TPSA) is 85.8 Å². The number of amides is 1. The molecule has 0 saturated carbocycles. The molecule has 1 amide bonds. The standard InChI is InChI=1S/C20H17N5O2/c1-13-11-14(2)25(24-13)18-8-7-15(12-21-18)22-19(26)9-10-20-23-16-5-3-4-6-17(16)27-20/h3-12H,1-2H3,(H,22,26)/b10-9+. The molecule has 0 spiro atoms. The molecule has 0 aliphatic rings. The summed E-state index contributed by atoms with van der Waals surface area (Å²) in [6.45, 7) is 3.90. The molecule has 1 N–H and O–H groups in total. The lowest BCUT2D eigenvalue weighted by atomic mass is 10.3. The van der Waals surface area contributed by atoms with Crippen LogP contribution in [0.2, 0.25) is 0 Å². The smallest absolute Gasteiger partial charge is 0.248 e. The Kier molecular flexibility index (Phi) is 4.25. The third kappa shape index (κ3) is 3.62. The van der Waals surface area contributed by atoms with Gasteiger partial charge in [-0.2, -0.15) is 5.10 Å². The van der Waals surface area contributed by atoms with Gasteiger partial charge >= 0.3 is 0 Å². The van der Waals surface area contributed by atoms with Crippen LogP contribution in [-0.2, 0) is 4.79 Å². The molecule has 7 nitrogen and oxygen atoms in total. The number of hydrogen-bond acceptors (Lipinski definition) is 5. The highest BCUT2D eigenvalue weighted by Crippen LogP contribution is 2.16. The summed E-state index contributed by atoms with van der Waals surface area (Å²) < 4.78 is 7.30. The van der Waals surface area contributed by atoms with E-state index < -0.39 is 0 Å². The molecule has 0 aliphatic heterocycles. The predicted molar refractivity (Wildman–Crippen MR) is 103 cm³/mol. The van der Waals surface area contributed by atoms with Gasteiger partial charge in [-0.05, 0) is 44.2 Å². The van der Waals surface area contributed by atoms with Gasteiger partial charge in [-0.3, -0.25) is 4.79 Å². The number of nitrogens with one attached hydrogen (secondary N) is 1. The minimum absolute atomic E-state index is 0.294. The van der Waals surface area contributed by atoms with Gasteiger partial charge in [0.25, 0.3) is 0 Å². The molecule has 0 atom stereocenters. The lowest BCUT2D eigenvalue weighted by Gasteiger charge is -2.05. The van der Waals surface area contributed by atoms with E-state index in [2.05, 4.69) is 20.4 Å². The number of fused-ring (bicyclic) bond motifs is 1. The number of pyridine rings is 1. The Balaban J connectivity index is 1.44. The van der Waals surface area contributed by atoms with E-state index in [1.807, 2.05) is 44.2 Å². The van der Waals surface area contributed by atoms with E-state index >= 15 is 0 Å². The maximum absolute atomic E-state index is 12.1. The van der Waals surface area contributed by atoms with Crippen molar-refractivity contribution in [3.05, 3.63) is 72.0 Å². The molecule has 134 valence electrons. The molecule has 0 unspecified atom stereocenters. The van der Waals surface area contributed by atoms with Crippen LogP contribution in [0.1, 0.15) is 17.3 Å². The Hall–Kier alpha value is -3.74. The van der Waals surface area contributed by atoms with Gasteiger partial charge in [-0.15, -0.1) is 0 Å². The summed E-state index contributed by atoms with van der Waals surface area (Å²) in [6.07, 6.45) is 4.50. The highest BCUT2D eigenvalue weighted by Gasteiger charge is 2.06. The zero-order valence-electron chi connectivity index (χ0n) is 14.9. The third-order valence-corrected chi connectivity index (χ3v) is 3.93. The first-order chi connectivity index (χ1) is 13.1. The number of carbonyl (C=O) groups excluding carboxylic acids is 1. The molecule has 3 heterocycles. The number of oxazole rings is 1. The molecule has 7 heteroatoms. The molecule has 0 fully saturated rings. The summed E-state index contributed by atoms with van der Waals surface area (Å²) in [5.74, 6) is 0.780. The van der Waals surface area contributed by atoms with Crippen molar-refractivity contribution in [1.82, 2.24) is 19.7 Å². The molecule has 0 aliphatic carbocycles. The average molecular weight is 359 g/mol. The van der Waals surface area contributed by atoms with Gasteiger partial charge < -0.3 is 9.73 Å². The van der Waals surface area contributed by atoms with Gasteiger partial charge in [-0.25, -0.2) is 14.6 Å². The first-order valence-electron chi connectivity index (χ1n) is 8.43. The number of carbonyl (C=O) groups is 1. The van der Waals surface area contributed by atoms with Crippen LogP contribution in [0.3, 0.4) is 0 Å². The summed E-state index contributed by atoms with van der Waals surface area (Å²) in [6, 6.07) is 13.0. The van der Waals surface area contributed by atoms with Crippen molar-refractivity contribution in [2.75, 3.05) is 5.32 Å². The van der Waals surface area contributed by atoms with Gasteiger partial charge in [-0.1, -0.05) is 12.1 Å². The van der Waals surface area contributed by atoms with Gasteiger partial charge in [0.15, 0.2) is 11.4 Å². The first-order valence-corrected chi connectivity index (χ1v) is 8.43. The number of hydrogen-bond donors (Lipinski definition) is 1. The summed E-state index contributed by atoms with van der Waals surface area (Å²) in [4.78, 5) is 20.7. The number of nitrogens with zero attached hydrogens (tertiary/aromatic N) is 4. The number of aromatic nitrogens is 4. The average Bonchev–Trinajstić information content (AvgIpc) is 3.23. The number of anilines is 1.